The fourth-order valence-electron chi connectivity index (χ4n) is 1.70. The number of hydrogen-bond donors (Lipinski definition) is 0. The van der Waals surface area contributed by atoms with Crippen LogP contribution in [-0.2, 0) is 0 Å². The third-order valence-corrected chi connectivity index (χ3v) is 13.6. The molecule has 0 saturated carbocycles. The molecule has 96 valence electrons. The van der Waals surface area contributed by atoms with Crippen molar-refractivity contribution in [2.24, 2.45) is 0 Å². The van der Waals surface area contributed by atoms with Crippen LogP contribution in [0.15, 0.2) is 28.1 Å². The SMILES string of the molecule is C1SSCC2=C1SC(=C1SC3=C(CSSC3)S1)S2. The Morgan fingerprint density at radius 2 is 0.722 bits per heavy atom. The van der Waals surface area contributed by atoms with Crippen LogP contribution in [0.2, 0.25) is 0 Å². The first-order chi connectivity index (χ1) is 8.90. The Bertz CT molecular complexity index is 404. The van der Waals surface area contributed by atoms with Crippen molar-refractivity contribution in [3.8, 4) is 0 Å². The normalized spacial score (nSPS) is 28.0. The number of thioether (sulfide) groups is 4. The second-order valence-electron chi connectivity index (χ2n) is 3.72. The van der Waals surface area contributed by atoms with E-state index in [4.69, 9.17) is 0 Å². The zero-order valence-corrected chi connectivity index (χ0v) is 15.6. The molecule has 0 N–H and O–H groups in total. The maximum atomic E-state index is 2.04. The second-order valence-corrected chi connectivity index (χ2v) is 13.6. The van der Waals surface area contributed by atoms with E-state index in [1.54, 1.807) is 28.1 Å². The predicted octanol–water partition coefficient (Wildman–Crippen LogP) is 6.29. The molecular weight excluding hydrogens is 377 g/mol. The highest BCUT2D eigenvalue weighted by atomic mass is 33.1. The molecule has 0 aromatic heterocycles. The molecule has 4 aliphatic rings. The number of rotatable bonds is 0. The first kappa shape index (κ1) is 13.7. The van der Waals surface area contributed by atoms with Crippen LogP contribution < -0.4 is 0 Å². The highest BCUT2D eigenvalue weighted by Crippen LogP contribution is 2.63. The van der Waals surface area contributed by atoms with E-state index in [0.29, 0.717) is 0 Å². The summed E-state index contributed by atoms with van der Waals surface area (Å²) in [6.45, 7) is 0. The Labute approximate surface area is 140 Å². The average molecular weight is 385 g/mol. The lowest BCUT2D eigenvalue weighted by molar-refractivity contribution is 1.60. The van der Waals surface area contributed by atoms with Crippen LogP contribution in [0.25, 0.3) is 0 Å². The summed E-state index contributed by atoms with van der Waals surface area (Å²) in [5.41, 5.74) is 0. The van der Waals surface area contributed by atoms with Gasteiger partial charge in [0.25, 0.3) is 0 Å². The van der Waals surface area contributed by atoms with E-state index in [1.807, 2.05) is 90.2 Å². The molecule has 0 fully saturated rings. The van der Waals surface area contributed by atoms with Crippen molar-refractivity contribution in [2.75, 3.05) is 23.0 Å². The lowest BCUT2D eigenvalue weighted by Crippen LogP contribution is -1.90. The van der Waals surface area contributed by atoms with Gasteiger partial charge in [-0.25, -0.2) is 0 Å². The van der Waals surface area contributed by atoms with Gasteiger partial charge in [-0.1, -0.05) is 90.2 Å². The summed E-state index contributed by atoms with van der Waals surface area (Å²) >= 11 is 8.17. The van der Waals surface area contributed by atoms with Crippen LogP contribution in [0.4, 0.5) is 0 Å². The second kappa shape index (κ2) is 6.02. The summed E-state index contributed by atoms with van der Waals surface area (Å²) in [5.74, 6) is 4.84. The molecular formula is C10H8S8. The van der Waals surface area contributed by atoms with Crippen molar-refractivity contribution in [1.29, 1.82) is 0 Å². The summed E-state index contributed by atoms with van der Waals surface area (Å²) < 4.78 is 3.12. The van der Waals surface area contributed by atoms with Crippen LogP contribution in [0.5, 0.6) is 0 Å². The van der Waals surface area contributed by atoms with Crippen molar-refractivity contribution in [3.05, 3.63) is 28.1 Å². The van der Waals surface area contributed by atoms with E-state index in [0.717, 1.165) is 0 Å². The minimum Gasteiger partial charge on any atom is -0.0884 e. The van der Waals surface area contributed by atoms with Gasteiger partial charge in [0.1, 0.15) is 0 Å². The van der Waals surface area contributed by atoms with E-state index >= 15 is 0 Å². The zero-order valence-electron chi connectivity index (χ0n) is 9.09. The largest absolute Gasteiger partial charge is 0.0884 e. The fraction of sp³-hybridized carbons (Fsp3) is 0.400. The highest BCUT2D eigenvalue weighted by Gasteiger charge is 2.31. The summed E-state index contributed by atoms with van der Waals surface area (Å²) in [4.78, 5) is 6.50. The van der Waals surface area contributed by atoms with E-state index in [2.05, 4.69) is 0 Å². The molecule has 0 spiro atoms. The Morgan fingerprint density at radius 1 is 0.444 bits per heavy atom. The monoisotopic (exact) mass is 384 g/mol. The van der Waals surface area contributed by atoms with Gasteiger partial charge in [-0.05, 0) is 0 Å². The highest BCUT2D eigenvalue weighted by molar-refractivity contribution is 8.77. The predicted molar refractivity (Wildman–Crippen MR) is 101 cm³/mol. The van der Waals surface area contributed by atoms with Crippen LogP contribution >= 0.6 is 90.2 Å². The molecule has 4 heterocycles. The maximum absolute atomic E-state index is 2.04. The molecule has 0 unspecified atom stereocenters. The summed E-state index contributed by atoms with van der Waals surface area (Å²) in [6, 6.07) is 0. The first-order valence-electron chi connectivity index (χ1n) is 5.29. The van der Waals surface area contributed by atoms with E-state index in [1.165, 1.54) is 23.0 Å². The Morgan fingerprint density at radius 3 is 1.00 bits per heavy atom. The lowest BCUT2D eigenvalue weighted by atomic mass is 10.6. The first-order valence-corrected chi connectivity index (χ1v) is 13.5. The molecule has 0 radical (unpaired) electrons. The van der Waals surface area contributed by atoms with Gasteiger partial charge in [0, 0.05) is 42.6 Å². The van der Waals surface area contributed by atoms with Gasteiger partial charge in [0.15, 0.2) is 0 Å². The molecule has 0 atom stereocenters. The van der Waals surface area contributed by atoms with Crippen molar-refractivity contribution < 1.29 is 0 Å². The van der Waals surface area contributed by atoms with Gasteiger partial charge in [-0.15, -0.1) is 0 Å². The molecule has 4 aliphatic heterocycles. The molecule has 0 nitrogen and oxygen atoms in total. The Balaban J connectivity index is 1.54. The number of hydrogen-bond acceptors (Lipinski definition) is 8. The van der Waals surface area contributed by atoms with Crippen LogP contribution in [-0.4, -0.2) is 23.0 Å². The standard InChI is InChI=1S/C10H8S8/c1-5-6(2-12-11-1)16-9(15-5)10-17-7-3-13-14-4-8(7)18-10/h1-4H2. The topological polar surface area (TPSA) is 0 Å². The molecule has 0 aromatic rings. The Kier molecular flexibility index (Phi) is 4.57. The third kappa shape index (κ3) is 2.69. The fourth-order valence-corrected chi connectivity index (χ4v) is 13.5. The molecule has 18 heavy (non-hydrogen) atoms. The van der Waals surface area contributed by atoms with Crippen molar-refractivity contribution in [1.82, 2.24) is 0 Å². The van der Waals surface area contributed by atoms with Gasteiger partial charge in [-0.2, -0.15) is 0 Å². The molecule has 0 aliphatic carbocycles. The summed E-state index contributed by atoms with van der Waals surface area (Å²) in [7, 11) is 8.03. The summed E-state index contributed by atoms with van der Waals surface area (Å²) in [5, 5.41) is 0. The molecule has 0 bridgehead atoms. The van der Waals surface area contributed by atoms with Crippen LogP contribution in [0.3, 0.4) is 0 Å². The van der Waals surface area contributed by atoms with Crippen LogP contribution in [0, 0.1) is 0 Å². The van der Waals surface area contributed by atoms with Gasteiger partial charge in [0.05, 0.1) is 8.47 Å². The minimum absolute atomic E-state index is 1.21. The molecule has 0 aromatic carbocycles. The molecule has 8 heteroatoms. The van der Waals surface area contributed by atoms with Gasteiger partial charge in [0.2, 0.25) is 0 Å². The van der Waals surface area contributed by atoms with Gasteiger partial charge >= 0.3 is 0 Å². The molecule has 4 rings (SSSR count). The zero-order chi connectivity index (χ0) is 11.9. The maximum Gasteiger partial charge on any atom is 0.0700 e. The smallest absolute Gasteiger partial charge is 0.0700 e. The molecule has 0 saturated heterocycles. The van der Waals surface area contributed by atoms with Gasteiger partial charge in [-0.3, -0.25) is 0 Å². The minimum atomic E-state index is 1.21. The van der Waals surface area contributed by atoms with Crippen molar-refractivity contribution in [2.45, 2.75) is 0 Å². The van der Waals surface area contributed by atoms with E-state index in [9.17, 15) is 0 Å². The third-order valence-electron chi connectivity index (χ3n) is 2.58. The Hall–Kier alpha value is 2.02. The average Bonchev–Trinajstić information content (AvgIpc) is 3.02. The summed E-state index contributed by atoms with van der Waals surface area (Å²) in [6.07, 6.45) is 0. The quantitative estimate of drug-likeness (QED) is 0.441. The lowest BCUT2D eigenvalue weighted by Gasteiger charge is -2.09. The van der Waals surface area contributed by atoms with Crippen LogP contribution in [0.1, 0.15) is 0 Å². The van der Waals surface area contributed by atoms with E-state index in [-0.39, 0.29) is 0 Å². The van der Waals surface area contributed by atoms with Gasteiger partial charge < -0.3 is 0 Å². The van der Waals surface area contributed by atoms with E-state index < -0.39 is 0 Å². The van der Waals surface area contributed by atoms with Crippen molar-refractivity contribution in [3.63, 3.8) is 0 Å². The van der Waals surface area contributed by atoms with Crippen molar-refractivity contribution >= 4 is 90.2 Å². The molecule has 0 amide bonds.